The minimum absolute atomic E-state index is 0.0190. The average molecular weight is 425 g/mol. The van der Waals surface area contributed by atoms with Crippen LogP contribution in [0.1, 0.15) is 18.1 Å². The lowest BCUT2D eigenvalue weighted by atomic mass is 10.2. The van der Waals surface area contributed by atoms with E-state index >= 15 is 0 Å². The summed E-state index contributed by atoms with van der Waals surface area (Å²) < 4.78 is 5.05. The molecule has 0 fully saturated rings. The molecule has 5 nitrogen and oxygen atoms in total. The van der Waals surface area contributed by atoms with Crippen LogP contribution in [-0.4, -0.2) is 33.3 Å². The Kier molecular flexibility index (Phi) is 6.61. The third kappa shape index (κ3) is 4.99. The second kappa shape index (κ2) is 9.15. The topological polar surface area (TPSA) is 71.2 Å². The number of aryl methyl sites for hydroxylation is 2. The van der Waals surface area contributed by atoms with E-state index in [-0.39, 0.29) is 22.1 Å². The van der Waals surface area contributed by atoms with E-state index in [2.05, 4.69) is 9.98 Å². The lowest BCUT2D eigenvalue weighted by Crippen LogP contribution is -2.29. The van der Waals surface area contributed by atoms with Gasteiger partial charge in [-0.3, -0.25) is 0 Å². The van der Waals surface area contributed by atoms with Gasteiger partial charge >= 0.3 is 5.97 Å². The van der Waals surface area contributed by atoms with Crippen LogP contribution < -0.4 is 0 Å². The number of aliphatic hydroxyl groups is 1. The van der Waals surface area contributed by atoms with E-state index in [9.17, 15) is 9.90 Å². The Morgan fingerprint density at radius 1 is 1.00 bits per heavy atom. The average Bonchev–Trinajstić information content (AvgIpc) is 2.70. The smallest absolute Gasteiger partial charge is 0.348 e. The first-order valence-electron chi connectivity index (χ1n) is 9.03. The molecule has 7 heteroatoms. The van der Waals surface area contributed by atoms with E-state index in [4.69, 9.17) is 17.0 Å². The minimum Gasteiger partial charge on any atom is -0.505 e. The summed E-state index contributed by atoms with van der Waals surface area (Å²) in [4.78, 5) is 21.6. The molecule has 1 aliphatic rings. The highest BCUT2D eigenvalue weighted by Gasteiger charge is 2.33. The zero-order valence-corrected chi connectivity index (χ0v) is 17.9. The Morgan fingerprint density at radius 3 is 2.03 bits per heavy atom. The molecular formula is C22H20N2O3S2. The van der Waals surface area contributed by atoms with Gasteiger partial charge < -0.3 is 9.84 Å². The summed E-state index contributed by atoms with van der Waals surface area (Å²) in [7, 11) is 0. The Morgan fingerprint density at radius 2 is 1.52 bits per heavy atom. The van der Waals surface area contributed by atoms with Crippen molar-refractivity contribution in [2.75, 3.05) is 6.61 Å². The number of benzene rings is 2. The van der Waals surface area contributed by atoms with Crippen molar-refractivity contribution in [1.29, 1.82) is 0 Å². The van der Waals surface area contributed by atoms with Crippen LogP contribution in [0.15, 0.2) is 69.2 Å². The van der Waals surface area contributed by atoms with Gasteiger partial charge in [-0.05, 0) is 45.0 Å². The molecule has 1 heterocycles. The van der Waals surface area contributed by atoms with Gasteiger partial charge in [0.2, 0.25) is 0 Å². The first-order valence-corrected chi connectivity index (χ1v) is 10.3. The third-order valence-electron chi connectivity index (χ3n) is 4.05. The molecule has 0 aliphatic carbocycles. The molecule has 0 saturated carbocycles. The van der Waals surface area contributed by atoms with Gasteiger partial charge in [-0.25, -0.2) is 14.8 Å². The molecule has 0 spiro atoms. The standard InChI is InChI=1S/C22H20N2O3S2/c1-4-27-22(26)20-18(25)19(28)17(23-15-9-5-13(2)6-10-15)21(29-20)24-16-11-7-14(3)8-12-16/h5-12,25H,4H2,1-3H3. The van der Waals surface area contributed by atoms with Crippen LogP contribution in [0.25, 0.3) is 0 Å². The SMILES string of the molecule is CCOC(=O)C1=C(O)C(=S)C(=Nc2ccc(C)cc2)C(=Nc2ccc(C)cc2)S1. The fourth-order valence-electron chi connectivity index (χ4n) is 2.50. The molecule has 0 aromatic heterocycles. The summed E-state index contributed by atoms with van der Waals surface area (Å²) in [6.45, 7) is 5.87. The largest absolute Gasteiger partial charge is 0.505 e. The molecule has 2 aromatic rings. The molecule has 0 bridgehead atoms. The first-order chi connectivity index (χ1) is 13.9. The summed E-state index contributed by atoms with van der Waals surface area (Å²) in [5.41, 5.74) is 3.94. The number of carbonyl (C=O) groups is 1. The number of aliphatic imine (C=N–C) groups is 2. The summed E-state index contributed by atoms with van der Waals surface area (Å²) >= 11 is 6.44. The van der Waals surface area contributed by atoms with Gasteiger partial charge in [-0.2, -0.15) is 0 Å². The highest BCUT2D eigenvalue weighted by Crippen LogP contribution is 2.32. The van der Waals surface area contributed by atoms with E-state index in [0.29, 0.717) is 22.1 Å². The lowest BCUT2D eigenvalue weighted by molar-refractivity contribution is -0.137. The number of allylic oxidation sites excluding steroid dienone is 1. The van der Waals surface area contributed by atoms with E-state index in [0.717, 1.165) is 22.9 Å². The molecule has 29 heavy (non-hydrogen) atoms. The maximum Gasteiger partial charge on any atom is 0.348 e. The molecule has 0 unspecified atom stereocenters. The second-order valence-electron chi connectivity index (χ2n) is 6.38. The van der Waals surface area contributed by atoms with Crippen LogP contribution in [0, 0.1) is 13.8 Å². The predicted octanol–water partition coefficient (Wildman–Crippen LogP) is 5.56. The van der Waals surface area contributed by atoms with Crippen molar-refractivity contribution >= 4 is 56.9 Å². The molecule has 2 aromatic carbocycles. The minimum atomic E-state index is -0.636. The van der Waals surface area contributed by atoms with Crippen molar-refractivity contribution in [1.82, 2.24) is 0 Å². The monoisotopic (exact) mass is 424 g/mol. The Labute approximate surface area is 179 Å². The quantitative estimate of drug-likeness (QED) is 0.514. The van der Waals surface area contributed by atoms with Crippen molar-refractivity contribution in [3.05, 3.63) is 70.3 Å². The van der Waals surface area contributed by atoms with Gasteiger partial charge in [0.25, 0.3) is 0 Å². The van der Waals surface area contributed by atoms with E-state index in [1.54, 1.807) is 6.92 Å². The maximum atomic E-state index is 12.3. The highest BCUT2D eigenvalue weighted by atomic mass is 32.2. The highest BCUT2D eigenvalue weighted by molar-refractivity contribution is 8.20. The van der Waals surface area contributed by atoms with Crippen molar-refractivity contribution < 1.29 is 14.6 Å². The van der Waals surface area contributed by atoms with Gasteiger partial charge in [0.05, 0.1) is 18.0 Å². The Hall–Kier alpha value is -2.77. The van der Waals surface area contributed by atoms with Crippen LogP contribution in [0.4, 0.5) is 11.4 Å². The van der Waals surface area contributed by atoms with Crippen LogP contribution in [0.3, 0.4) is 0 Å². The predicted molar refractivity (Wildman–Crippen MR) is 123 cm³/mol. The summed E-state index contributed by atoms with van der Waals surface area (Å²) in [6.07, 6.45) is 0. The van der Waals surface area contributed by atoms with Gasteiger partial charge in [0.15, 0.2) is 5.76 Å². The number of thioether (sulfide) groups is 1. The fraction of sp³-hybridized carbons (Fsp3) is 0.182. The molecular weight excluding hydrogens is 404 g/mol. The van der Waals surface area contributed by atoms with Crippen LogP contribution in [0.5, 0.6) is 0 Å². The second-order valence-corrected chi connectivity index (χ2v) is 7.79. The van der Waals surface area contributed by atoms with Crippen LogP contribution in [-0.2, 0) is 9.53 Å². The zero-order chi connectivity index (χ0) is 21.0. The third-order valence-corrected chi connectivity index (χ3v) is 5.48. The Bertz CT molecular complexity index is 1040. The van der Waals surface area contributed by atoms with Crippen molar-refractivity contribution in [2.45, 2.75) is 20.8 Å². The molecule has 0 radical (unpaired) electrons. The summed E-state index contributed by atoms with van der Waals surface area (Å²) in [5, 5.41) is 11.0. The van der Waals surface area contributed by atoms with Gasteiger partial charge in [-0.1, -0.05) is 59.4 Å². The van der Waals surface area contributed by atoms with Gasteiger partial charge in [0.1, 0.15) is 20.5 Å². The van der Waals surface area contributed by atoms with E-state index < -0.39 is 5.97 Å². The molecule has 3 rings (SSSR count). The van der Waals surface area contributed by atoms with Crippen LogP contribution >= 0.6 is 24.0 Å². The zero-order valence-electron chi connectivity index (χ0n) is 16.3. The number of nitrogens with zero attached hydrogens (tertiary/aromatic N) is 2. The number of esters is 1. The molecule has 148 valence electrons. The van der Waals surface area contributed by atoms with Crippen molar-refractivity contribution in [3.63, 3.8) is 0 Å². The number of thiocarbonyl (C=S) groups is 1. The van der Waals surface area contributed by atoms with E-state index in [1.807, 2.05) is 62.4 Å². The van der Waals surface area contributed by atoms with Gasteiger partial charge in [-0.15, -0.1) is 0 Å². The fourth-order valence-corrected chi connectivity index (χ4v) is 3.80. The number of hydrogen-bond donors (Lipinski definition) is 1. The normalized spacial score (nSPS) is 17.1. The van der Waals surface area contributed by atoms with Crippen LogP contribution in [0.2, 0.25) is 0 Å². The number of rotatable bonds is 4. The number of ether oxygens (including phenoxy) is 1. The molecule has 0 amide bonds. The maximum absolute atomic E-state index is 12.3. The van der Waals surface area contributed by atoms with Crippen molar-refractivity contribution in [3.8, 4) is 0 Å². The molecule has 0 atom stereocenters. The first kappa shape index (κ1) is 21.0. The number of carbonyl (C=O) groups excluding carboxylic acids is 1. The molecule has 0 saturated heterocycles. The lowest BCUT2D eigenvalue weighted by Gasteiger charge is -2.19. The summed E-state index contributed by atoms with van der Waals surface area (Å²) in [5.74, 6) is -0.944. The van der Waals surface area contributed by atoms with Crippen molar-refractivity contribution in [2.24, 2.45) is 9.98 Å². The molecule has 1 aliphatic heterocycles. The van der Waals surface area contributed by atoms with Gasteiger partial charge in [0, 0.05) is 0 Å². The molecule has 1 N–H and O–H groups in total. The number of aliphatic hydroxyl groups excluding tert-OH is 1. The summed E-state index contributed by atoms with van der Waals surface area (Å²) in [6, 6.07) is 15.2. The number of hydrogen-bond acceptors (Lipinski definition) is 7. The van der Waals surface area contributed by atoms with E-state index in [1.165, 1.54) is 0 Å². The Balaban J connectivity index is 2.11.